The van der Waals surface area contributed by atoms with Crippen LogP contribution in [-0.4, -0.2) is 43.5 Å². The molecule has 26 heavy (non-hydrogen) atoms. The highest BCUT2D eigenvalue weighted by Gasteiger charge is 2.42. The smallest absolute Gasteiger partial charge is 0.490 e. The minimum Gasteiger partial charge on any atom is -0.490 e. The molecule has 0 bridgehead atoms. The van der Waals surface area contributed by atoms with Crippen LogP contribution in [-0.2, 0) is 9.53 Å². The van der Waals surface area contributed by atoms with Crippen molar-refractivity contribution in [2.75, 3.05) is 13.2 Å². The number of ether oxygens (including phenoxy) is 2. The van der Waals surface area contributed by atoms with Crippen molar-refractivity contribution >= 4 is 17.6 Å². The Hall–Kier alpha value is -1.58. The summed E-state index contributed by atoms with van der Waals surface area (Å²) < 4.78 is 60.4. The Morgan fingerprint density at radius 2 is 2.12 bits per heavy atom. The molecule has 1 unspecified atom stereocenters. The first-order valence-electron chi connectivity index (χ1n) is 7.99. The first-order chi connectivity index (χ1) is 12.1. The van der Waals surface area contributed by atoms with Gasteiger partial charge in [0.05, 0.1) is 5.02 Å². The van der Waals surface area contributed by atoms with Gasteiger partial charge in [0.1, 0.15) is 24.3 Å². The van der Waals surface area contributed by atoms with Crippen LogP contribution >= 0.6 is 11.6 Å². The lowest BCUT2D eigenvalue weighted by molar-refractivity contribution is -0.205. The van der Waals surface area contributed by atoms with Crippen molar-refractivity contribution in [2.45, 2.75) is 43.6 Å². The van der Waals surface area contributed by atoms with Crippen LogP contribution < -0.4 is 15.8 Å². The predicted molar refractivity (Wildman–Crippen MR) is 86.5 cm³/mol. The summed E-state index contributed by atoms with van der Waals surface area (Å²) in [5, 5.41) is 2.91. The molecule has 5 nitrogen and oxygen atoms in total. The topological polar surface area (TPSA) is 73.6 Å². The summed E-state index contributed by atoms with van der Waals surface area (Å²) in [4.78, 5) is 11.1. The zero-order valence-corrected chi connectivity index (χ0v) is 14.4. The number of hydrogen-bond donors (Lipinski definition) is 2. The summed E-state index contributed by atoms with van der Waals surface area (Å²) in [5.41, 5.74) is 5.79. The van der Waals surface area contributed by atoms with Gasteiger partial charge in [-0.3, -0.25) is 0 Å². The number of carbonyl (C=O) groups is 1. The lowest BCUT2D eigenvalue weighted by Crippen LogP contribution is -2.42. The van der Waals surface area contributed by atoms with Gasteiger partial charge in [0.2, 0.25) is 0 Å². The number of nitrogens with two attached hydrogens (primary N) is 1. The van der Waals surface area contributed by atoms with E-state index >= 15 is 0 Å². The zero-order chi connectivity index (χ0) is 19.3. The van der Waals surface area contributed by atoms with Crippen molar-refractivity contribution < 1.29 is 31.8 Å². The molecule has 3 N–H and O–H groups in total. The molecule has 1 aromatic carbocycles. The van der Waals surface area contributed by atoms with E-state index in [2.05, 4.69) is 10.1 Å². The summed E-state index contributed by atoms with van der Waals surface area (Å²) in [6.07, 6.45) is -4.04. The molecule has 0 spiro atoms. The molecular weight excluding hydrogens is 380 g/mol. The van der Waals surface area contributed by atoms with E-state index in [1.807, 2.05) is 0 Å². The van der Waals surface area contributed by atoms with Crippen molar-refractivity contribution in [2.24, 2.45) is 5.73 Å². The number of nitrogens with one attached hydrogen (secondary N) is 1. The lowest BCUT2D eigenvalue weighted by Gasteiger charge is -2.22. The number of benzene rings is 1. The van der Waals surface area contributed by atoms with E-state index in [1.54, 1.807) is 0 Å². The Balaban J connectivity index is 1.94. The lowest BCUT2D eigenvalue weighted by atomic mass is 10.2. The van der Waals surface area contributed by atoms with E-state index in [0.29, 0.717) is 6.42 Å². The normalized spacial score (nSPS) is 21.5. The molecule has 0 amide bonds. The maximum atomic E-state index is 13.4. The van der Waals surface area contributed by atoms with Crippen molar-refractivity contribution in [3.8, 4) is 5.75 Å². The van der Waals surface area contributed by atoms with Gasteiger partial charge in [0.15, 0.2) is 0 Å². The van der Waals surface area contributed by atoms with Gasteiger partial charge in [-0.05, 0) is 31.4 Å². The van der Waals surface area contributed by atoms with Crippen LogP contribution in [0.25, 0.3) is 0 Å². The fourth-order valence-electron chi connectivity index (χ4n) is 2.61. The van der Waals surface area contributed by atoms with Crippen LogP contribution in [0, 0.1) is 5.82 Å². The Kier molecular flexibility index (Phi) is 7.08. The Morgan fingerprint density at radius 1 is 1.38 bits per heavy atom. The van der Waals surface area contributed by atoms with E-state index in [-0.39, 0.29) is 36.0 Å². The molecule has 2 rings (SSSR count). The van der Waals surface area contributed by atoms with Gasteiger partial charge in [-0.2, -0.15) is 13.2 Å². The van der Waals surface area contributed by atoms with Gasteiger partial charge in [0.25, 0.3) is 0 Å². The SMILES string of the molecule is N[C@H]1CC[C@H](NCC(COc2ccc(Cl)c(F)c2)OC(=O)C(F)(F)F)C1. The highest BCUT2D eigenvalue weighted by molar-refractivity contribution is 6.30. The fraction of sp³-hybridized carbons (Fsp3) is 0.562. The average molecular weight is 399 g/mol. The van der Waals surface area contributed by atoms with Crippen molar-refractivity contribution in [1.82, 2.24) is 5.32 Å². The zero-order valence-electron chi connectivity index (χ0n) is 13.7. The second kappa shape index (κ2) is 8.88. The Labute approximate surface area is 152 Å². The number of halogens is 5. The molecule has 1 saturated carbocycles. The fourth-order valence-corrected chi connectivity index (χ4v) is 2.73. The minimum absolute atomic E-state index is 0.0325. The monoisotopic (exact) mass is 398 g/mol. The summed E-state index contributed by atoms with van der Waals surface area (Å²) in [7, 11) is 0. The van der Waals surface area contributed by atoms with Crippen LogP contribution in [0.4, 0.5) is 17.6 Å². The van der Waals surface area contributed by atoms with Gasteiger partial charge in [-0.25, -0.2) is 9.18 Å². The maximum absolute atomic E-state index is 13.4. The van der Waals surface area contributed by atoms with Crippen LogP contribution in [0.5, 0.6) is 5.75 Å². The van der Waals surface area contributed by atoms with Crippen molar-refractivity contribution in [3.05, 3.63) is 29.0 Å². The first kappa shape index (κ1) is 20.7. The quantitative estimate of drug-likeness (QED) is 0.546. The third kappa shape index (κ3) is 6.30. The maximum Gasteiger partial charge on any atom is 0.490 e. The van der Waals surface area contributed by atoms with E-state index in [4.69, 9.17) is 22.1 Å². The van der Waals surface area contributed by atoms with Crippen LogP contribution in [0.1, 0.15) is 19.3 Å². The molecule has 1 fully saturated rings. The van der Waals surface area contributed by atoms with E-state index in [9.17, 15) is 22.4 Å². The Morgan fingerprint density at radius 3 is 2.69 bits per heavy atom. The first-order valence-corrected chi connectivity index (χ1v) is 8.37. The van der Waals surface area contributed by atoms with Gasteiger partial charge >= 0.3 is 12.1 Å². The molecule has 0 saturated heterocycles. The highest BCUT2D eigenvalue weighted by atomic mass is 35.5. The average Bonchev–Trinajstić information content (AvgIpc) is 2.97. The number of esters is 1. The standard InChI is InChI=1S/C16H19ClF4N2O3/c17-13-4-3-11(6-14(13)18)25-8-12(26-15(24)16(19,20)21)7-23-10-2-1-9(22)5-10/h3-4,6,9-10,12,23H,1-2,5,7-8,22H2/t9-,10-,12?/m0/s1. The Bertz CT molecular complexity index is 630. The van der Waals surface area contributed by atoms with Crippen molar-refractivity contribution in [3.63, 3.8) is 0 Å². The molecule has 3 atom stereocenters. The summed E-state index contributed by atoms with van der Waals surface area (Å²) >= 11 is 5.55. The molecule has 1 aromatic rings. The molecule has 0 aromatic heterocycles. The van der Waals surface area contributed by atoms with Gasteiger partial charge < -0.3 is 20.5 Å². The second-order valence-electron chi connectivity index (χ2n) is 6.09. The highest BCUT2D eigenvalue weighted by Crippen LogP contribution is 2.22. The number of carbonyl (C=O) groups excluding carboxylic acids is 1. The predicted octanol–water partition coefficient (Wildman–Crippen LogP) is 2.80. The summed E-state index contributed by atoms with van der Waals surface area (Å²) in [6, 6.07) is 3.68. The molecule has 1 aliphatic carbocycles. The van der Waals surface area contributed by atoms with Crippen LogP contribution in [0.15, 0.2) is 18.2 Å². The number of hydrogen-bond acceptors (Lipinski definition) is 5. The molecule has 10 heteroatoms. The van der Waals surface area contributed by atoms with Crippen molar-refractivity contribution in [1.29, 1.82) is 0 Å². The van der Waals surface area contributed by atoms with Gasteiger partial charge in [-0.1, -0.05) is 11.6 Å². The molecular formula is C16H19ClF4N2O3. The molecule has 146 valence electrons. The van der Waals surface area contributed by atoms with Crippen LogP contribution in [0.2, 0.25) is 5.02 Å². The molecule has 0 radical (unpaired) electrons. The molecule has 0 heterocycles. The summed E-state index contributed by atoms with van der Waals surface area (Å²) in [5.74, 6) is -2.98. The third-order valence-electron chi connectivity index (χ3n) is 3.94. The van der Waals surface area contributed by atoms with E-state index in [0.717, 1.165) is 18.9 Å². The second-order valence-corrected chi connectivity index (χ2v) is 6.50. The molecule has 1 aliphatic rings. The van der Waals surface area contributed by atoms with Gasteiger partial charge in [0, 0.05) is 24.7 Å². The minimum atomic E-state index is -5.11. The number of rotatable bonds is 7. The summed E-state index contributed by atoms with van der Waals surface area (Å²) in [6.45, 7) is -0.427. The largest absolute Gasteiger partial charge is 0.490 e. The number of alkyl halides is 3. The molecule has 0 aliphatic heterocycles. The third-order valence-corrected chi connectivity index (χ3v) is 4.25. The van der Waals surface area contributed by atoms with E-state index < -0.39 is 24.1 Å². The van der Waals surface area contributed by atoms with E-state index in [1.165, 1.54) is 12.1 Å². The van der Waals surface area contributed by atoms with Crippen LogP contribution in [0.3, 0.4) is 0 Å². The van der Waals surface area contributed by atoms with Gasteiger partial charge in [-0.15, -0.1) is 0 Å².